The van der Waals surface area contributed by atoms with Crippen LogP contribution in [0.5, 0.6) is 0 Å². The molecule has 2 atom stereocenters. The lowest BCUT2D eigenvalue weighted by Crippen LogP contribution is -2.44. The molecule has 0 saturated carbocycles. The SMILES string of the molecule is CC(c1ccccc1)N(C(C=O)CC(=O)O)S(=O)(=O)c1ccccc1. The first-order chi connectivity index (χ1) is 11.9. The zero-order valence-corrected chi connectivity index (χ0v) is 14.5. The summed E-state index contributed by atoms with van der Waals surface area (Å²) < 4.78 is 27.2. The first-order valence-electron chi connectivity index (χ1n) is 7.68. The summed E-state index contributed by atoms with van der Waals surface area (Å²) in [5, 5.41) is 9.07. The van der Waals surface area contributed by atoms with Crippen molar-refractivity contribution >= 4 is 22.3 Å². The van der Waals surface area contributed by atoms with Crippen LogP contribution in [0.2, 0.25) is 0 Å². The highest BCUT2D eigenvalue weighted by Crippen LogP contribution is 2.30. The lowest BCUT2D eigenvalue weighted by atomic mass is 10.1. The molecule has 2 aromatic carbocycles. The van der Waals surface area contributed by atoms with Gasteiger partial charge in [0.05, 0.1) is 17.4 Å². The van der Waals surface area contributed by atoms with Crippen LogP contribution in [0.15, 0.2) is 65.6 Å². The number of carboxylic acids is 1. The lowest BCUT2D eigenvalue weighted by molar-refractivity contribution is -0.139. The van der Waals surface area contributed by atoms with Crippen LogP contribution in [0.25, 0.3) is 0 Å². The quantitative estimate of drug-likeness (QED) is 0.729. The number of aldehydes is 1. The van der Waals surface area contributed by atoms with Crippen molar-refractivity contribution in [3.8, 4) is 0 Å². The van der Waals surface area contributed by atoms with Crippen molar-refractivity contribution in [1.82, 2.24) is 4.31 Å². The molecule has 2 aromatic rings. The van der Waals surface area contributed by atoms with Crippen LogP contribution < -0.4 is 0 Å². The number of hydrogen-bond acceptors (Lipinski definition) is 4. The molecule has 0 bridgehead atoms. The Balaban J connectivity index is 2.55. The van der Waals surface area contributed by atoms with Crippen molar-refractivity contribution in [3.05, 3.63) is 66.2 Å². The molecule has 7 heteroatoms. The second-order valence-corrected chi connectivity index (χ2v) is 7.38. The summed E-state index contributed by atoms with van der Waals surface area (Å²) in [5.41, 5.74) is 0.666. The smallest absolute Gasteiger partial charge is 0.305 e. The summed E-state index contributed by atoms with van der Waals surface area (Å²) in [4.78, 5) is 22.7. The van der Waals surface area contributed by atoms with Crippen molar-refractivity contribution in [3.63, 3.8) is 0 Å². The van der Waals surface area contributed by atoms with Gasteiger partial charge in [0, 0.05) is 6.04 Å². The van der Waals surface area contributed by atoms with E-state index in [4.69, 9.17) is 5.11 Å². The molecule has 0 amide bonds. The van der Waals surface area contributed by atoms with Gasteiger partial charge in [0.15, 0.2) is 0 Å². The molecular weight excluding hydrogens is 342 g/mol. The number of carbonyl (C=O) groups is 2. The molecular formula is C18H19NO5S. The van der Waals surface area contributed by atoms with Gasteiger partial charge in [0.2, 0.25) is 10.0 Å². The minimum absolute atomic E-state index is 0.00928. The number of sulfonamides is 1. The van der Waals surface area contributed by atoms with E-state index in [2.05, 4.69) is 0 Å². The largest absolute Gasteiger partial charge is 0.481 e. The van der Waals surface area contributed by atoms with Crippen LogP contribution in [0.1, 0.15) is 24.9 Å². The zero-order valence-electron chi connectivity index (χ0n) is 13.6. The zero-order chi connectivity index (χ0) is 18.4. The molecule has 0 aliphatic heterocycles. The Kier molecular flexibility index (Phi) is 6.06. The van der Waals surface area contributed by atoms with Crippen molar-refractivity contribution in [2.24, 2.45) is 0 Å². The van der Waals surface area contributed by atoms with E-state index in [0.717, 1.165) is 4.31 Å². The van der Waals surface area contributed by atoms with E-state index in [0.29, 0.717) is 11.8 Å². The standard InChI is InChI=1S/C18H19NO5S/c1-14(15-8-4-2-5-9-15)19(16(13-20)12-18(21)22)25(23,24)17-10-6-3-7-11-17/h2-11,13-14,16H,12H2,1H3,(H,21,22). The van der Waals surface area contributed by atoms with Gasteiger partial charge in [-0.25, -0.2) is 8.42 Å². The van der Waals surface area contributed by atoms with E-state index in [1.165, 1.54) is 12.1 Å². The highest BCUT2D eigenvalue weighted by atomic mass is 32.2. The molecule has 0 radical (unpaired) electrons. The van der Waals surface area contributed by atoms with Crippen LogP contribution in [0.3, 0.4) is 0 Å². The second kappa shape index (κ2) is 8.04. The molecule has 0 aliphatic carbocycles. The van der Waals surface area contributed by atoms with Gasteiger partial charge in [0.1, 0.15) is 6.29 Å². The topological polar surface area (TPSA) is 91.8 Å². The molecule has 0 fully saturated rings. The summed E-state index contributed by atoms with van der Waals surface area (Å²) in [6, 6.07) is 14.4. The molecule has 0 spiro atoms. The highest BCUT2D eigenvalue weighted by molar-refractivity contribution is 7.89. The summed E-state index contributed by atoms with van der Waals surface area (Å²) in [7, 11) is -4.07. The van der Waals surface area contributed by atoms with Gasteiger partial charge < -0.3 is 9.90 Å². The van der Waals surface area contributed by atoms with Gasteiger partial charge in [-0.05, 0) is 24.6 Å². The average molecular weight is 361 g/mol. The Morgan fingerprint density at radius 2 is 1.60 bits per heavy atom. The Morgan fingerprint density at radius 1 is 1.08 bits per heavy atom. The van der Waals surface area contributed by atoms with Gasteiger partial charge in [-0.3, -0.25) is 4.79 Å². The number of hydrogen-bond donors (Lipinski definition) is 1. The van der Waals surface area contributed by atoms with Gasteiger partial charge in [-0.2, -0.15) is 4.31 Å². The van der Waals surface area contributed by atoms with Crippen molar-refractivity contribution < 1.29 is 23.1 Å². The monoisotopic (exact) mass is 361 g/mol. The van der Waals surface area contributed by atoms with Gasteiger partial charge >= 0.3 is 5.97 Å². The predicted octanol–water partition coefficient (Wildman–Crippen LogP) is 2.48. The lowest BCUT2D eigenvalue weighted by Gasteiger charge is -2.32. The first-order valence-corrected chi connectivity index (χ1v) is 9.12. The number of carboxylic acid groups (broad SMARTS) is 1. The maximum atomic E-state index is 13.1. The number of aliphatic carboxylic acids is 1. The molecule has 2 unspecified atom stereocenters. The maximum absolute atomic E-state index is 13.1. The molecule has 0 saturated heterocycles. The minimum atomic E-state index is -4.07. The Labute approximate surface area is 146 Å². The fraction of sp³-hybridized carbons (Fsp3) is 0.222. The number of rotatable bonds is 8. The van der Waals surface area contributed by atoms with Gasteiger partial charge in [-0.15, -0.1) is 0 Å². The van der Waals surface area contributed by atoms with Crippen molar-refractivity contribution in [2.45, 2.75) is 30.3 Å². The summed E-state index contributed by atoms with van der Waals surface area (Å²) in [5.74, 6) is -1.24. The fourth-order valence-electron chi connectivity index (χ4n) is 2.64. The third-order valence-electron chi connectivity index (χ3n) is 3.85. The molecule has 0 heterocycles. The Hall–Kier alpha value is -2.51. The molecule has 1 N–H and O–H groups in total. The van der Waals surface area contributed by atoms with Crippen molar-refractivity contribution in [2.75, 3.05) is 0 Å². The van der Waals surface area contributed by atoms with Crippen molar-refractivity contribution in [1.29, 1.82) is 0 Å². The van der Waals surface area contributed by atoms with Crippen LogP contribution in [0.4, 0.5) is 0 Å². The van der Waals surface area contributed by atoms with E-state index in [1.807, 2.05) is 0 Å². The predicted molar refractivity (Wildman–Crippen MR) is 92.4 cm³/mol. The van der Waals surface area contributed by atoms with Crippen LogP contribution >= 0.6 is 0 Å². The number of nitrogens with zero attached hydrogens (tertiary/aromatic N) is 1. The second-order valence-electron chi connectivity index (χ2n) is 5.54. The summed E-state index contributed by atoms with van der Waals surface area (Å²) in [6.45, 7) is 1.63. The summed E-state index contributed by atoms with van der Waals surface area (Å²) >= 11 is 0. The van der Waals surface area contributed by atoms with E-state index in [-0.39, 0.29) is 4.90 Å². The Bertz CT molecular complexity index is 821. The van der Waals surface area contributed by atoms with Crippen LogP contribution in [0, 0.1) is 0 Å². The third-order valence-corrected chi connectivity index (χ3v) is 5.86. The normalized spacial score (nSPS) is 14.0. The minimum Gasteiger partial charge on any atom is -0.481 e. The van der Waals surface area contributed by atoms with E-state index >= 15 is 0 Å². The molecule has 2 rings (SSSR count). The summed E-state index contributed by atoms with van der Waals surface area (Å²) in [6.07, 6.45) is -0.235. The molecule has 0 aliphatic rings. The van der Waals surface area contributed by atoms with Crippen LogP contribution in [-0.4, -0.2) is 36.1 Å². The maximum Gasteiger partial charge on any atom is 0.305 e. The molecule has 0 aromatic heterocycles. The average Bonchev–Trinajstić information content (AvgIpc) is 2.62. The van der Waals surface area contributed by atoms with E-state index < -0.39 is 34.5 Å². The van der Waals surface area contributed by atoms with E-state index in [9.17, 15) is 18.0 Å². The van der Waals surface area contributed by atoms with Gasteiger partial charge in [-0.1, -0.05) is 48.5 Å². The molecule has 25 heavy (non-hydrogen) atoms. The highest BCUT2D eigenvalue weighted by Gasteiger charge is 2.37. The molecule has 132 valence electrons. The third kappa shape index (κ3) is 4.32. The van der Waals surface area contributed by atoms with E-state index in [1.54, 1.807) is 55.5 Å². The Morgan fingerprint density at radius 3 is 2.08 bits per heavy atom. The van der Waals surface area contributed by atoms with Gasteiger partial charge in [0.25, 0.3) is 0 Å². The fourth-order valence-corrected chi connectivity index (χ4v) is 4.41. The number of carbonyl (C=O) groups excluding carboxylic acids is 1. The number of benzene rings is 2. The first kappa shape index (κ1) is 18.8. The van der Waals surface area contributed by atoms with Crippen LogP contribution in [-0.2, 0) is 19.6 Å². The molecule has 6 nitrogen and oxygen atoms in total.